The molecular formula is C24H23FN2O5S. The van der Waals surface area contributed by atoms with Crippen LogP contribution in [0.15, 0.2) is 71.6 Å². The summed E-state index contributed by atoms with van der Waals surface area (Å²) in [6.45, 7) is 0.0232. The van der Waals surface area contributed by atoms with Gasteiger partial charge in [-0.05, 0) is 41.8 Å². The first kappa shape index (κ1) is 22.8. The number of amides is 1. The van der Waals surface area contributed by atoms with Crippen LogP contribution in [0.2, 0.25) is 0 Å². The Morgan fingerprint density at radius 3 is 2.18 bits per heavy atom. The Kier molecular flexibility index (Phi) is 6.35. The minimum Gasteiger partial charge on any atom is -0.497 e. The van der Waals surface area contributed by atoms with Gasteiger partial charge in [0.05, 0.1) is 19.1 Å². The molecule has 33 heavy (non-hydrogen) atoms. The number of nitrogens with zero attached hydrogens (tertiary/aromatic N) is 1. The molecule has 1 heterocycles. The van der Waals surface area contributed by atoms with E-state index in [9.17, 15) is 17.6 Å². The molecule has 1 atom stereocenters. The Labute approximate surface area is 191 Å². The zero-order valence-electron chi connectivity index (χ0n) is 18.1. The molecular weight excluding hydrogens is 447 g/mol. The maximum absolute atomic E-state index is 13.5. The molecule has 0 radical (unpaired) electrons. The van der Waals surface area contributed by atoms with Crippen molar-refractivity contribution in [3.8, 4) is 11.5 Å². The second kappa shape index (κ2) is 9.21. The lowest BCUT2D eigenvalue weighted by molar-refractivity contribution is -0.120. The molecule has 0 fully saturated rings. The van der Waals surface area contributed by atoms with E-state index in [-0.39, 0.29) is 17.9 Å². The van der Waals surface area contributed by atoms with Gasteiger partial charge in [-0.15, -0.1) is 0 Å². The second-order valence-electron chi connectivity index (χ2n) is 7.58. The zero-order chi connectivity index (χ0) is 23.6. The summed E-state index contributed by atoms with van der Waals surface area (Å²) in [6.07, 6.45) is 0.198. The fraction of sp³-hybridized carbons (Fsp3) is 0.208. The lowest BCUT2D eigenvalue weighted by Gasteiger charge is -2.35. The number of anilines is 1. The molecule has 1 aliphatic heterocycles. The molecule has 9 heteroatoms. The molecule has 0 aromatic heterocycles. The summed E-state index contributed by atoms with van der Waals surface area (Å²) < 4.78 is 52.0. The van der Waals surface area contributed by atoms with Crippen LogP contribution in [0.4, 0.5) is 10.1 Å². The normalized spacial score (nSPS) is 16.0. The van der Waals surface area contributed by atoms with Crippen LogP contribution in [-0.4, -0.2) is 38.9 Å². The first-order valence-corrected chi connectivity index (χ1v) is 11.6. The highest BCUT2D eigenvalue weighted by Crippen LogP contribution is 2.31. The average Bonchev–Trinajstić information content (AvgIpc) is 2.83. The minimum absolute atomic E-state index is 0.0232. The fourth-order valence-electron chi connectivity index (χ4n) is 3.82. The van der Waals surface area contributed by atoms with E-state index in [1.165, 1.54) is 26.4 Å². The summed E-state index contributed by atoms with van der Waals surface area (Å²) in [4.78, 5) is 13.3. The van der Waals surface area contributed by atoms with Crippen LogP contribution in [0.3, 0.4) is 0 Å². The molecule has 1 aliphatic rings. The summed E-state index contributed by atoms with van der Waals surface area (Å²) in [7, 11) is -1.09. The van der Waals surface area contributed by atoms with Crippen molar-refractivity contribution in [3.05, 3.63) is 83.7 Å². The number of methoxy groups -OCH3 is 2. The number of carbonyl (C=O) groups excluding carboxylic acids is 1. The molecule has 0 unspecified atom stereocenters. The van der Waals surface area contributed by atoms with Crippen molar-refractivity contribution >= 4 is 21.6 Å². The number of nitrogens with one attached hydrogen (secondary N) is 1. The SMILES string of the molecule is COc1cc(NC(=O)[C@@H]2Cc3ccccc3CN2S(=O)(=O)c2ccc(F)cc2)cc(OC)c1. The van der Waals surface area contributed by atoms with Crippen molar-refractivity contribution in [3.63, 3.8) is 0 Å². The maximum Gasteiger partial charge on any atom is 0.244 e. The Hall–Kier alpha value is -3.43. The van der Waals surface area contributed by atoms with Crippen molar-refractivity contribution < 1.29 is 27.1 Å². The second-order valence-corrected chi connectivity index (χ2v) is 9.47. The first-order valence-electron chi connectivity index (χ1n) is 10.2. The number of carbonyl (C=O) groups is 1. The van der Waals surface area contributed by atoms with Crippen molar-refractivity contribution in [2.45, 2.75) is 23.9 Å². The third-order valence-corrected chi connectivity index (χ3v) is 7.42. The van der Waals surface area contributed by atoms with Gasteiger partial charge in [-0.2, -0.15) is 4.31 Å². The Balaban J connectivity index is 1.71. The van der Waals surface area contributed by atoms with Crippen LogP contribution < -0.4 is 14.8 Å². The first-order chi connectivity index (χ1) is 15.8. The molecule has 0 spiro atoms. The molecule has 0 saturated carbocycles. The standard InChI is InChI=1S/C24H23FN2O5S/c1-31-20-12-19(13-21(14-20)32-2)26-24(28)23-11-16-5-3-4-6-17(16)15-27(23)33(29,30)22-9-7-18(25)8-10-22/h3-10,12-14,23H,11,15H2,1-2H3,(H,26,28)/t23-/m0/s1. The highest BCUT2D eigenvalue weighted by atomic mass is 32.2. The minimum atomic E-state index is -4.08. The largest absolute Gasteiger partial charge is 0.497 e. The van der Waals surface area contributed by atoms with Gasteiger partial charge in [0.15, 0.2) is 0 Å². The number of rotatable bonds is 6. The Bertz CT molecular complexity index is 1260. The molecule has 172 valence electrons. The predicted molar refractivity (Wildman–Crippen MR) is 121 cm³/mol. The molecule has 3 aromatic rings. The number of sulfonamides is 1. The number of hydrogen-bond donors (Lipinski definition) is 1. The summed E-state index contributed by atoms with van der Waals surface area (Å²) in [5, 5.41) is 2.79. The molecule has 7 nitrogen and oxygen atoms in total. The number of fused-ring (bicyclic) bond motifs is 1. The van der Waals surface area contributed by atoms with Gasteiger partial charge in [0.2, 0.25) is 15.9 Å². The molecule has 1 N–H and O–H groups in total. The van der Waals surface area contributed by atoms with Crippen molar-refractivity contribution in [2.75, 3.05) is 19.5 Å². The molecule has 0 aliphatic carbocycles. The van der Waals surface area contributed by atoms with Gasteiger partial charge in [-0.3, -0.25) is 4.79 Å². The molecule has 0 saturated heterocycles. The topological polar surface area (TPSA) is 84.9 Å². The summed E-state index contributed by atoms with van der Waals surface area (Å²) in [5.74, 6) is -0.0754. The van der Waals surface area contributed by atoms with E-state index >= 15 is 0 Å². The van der Waals surface area contributed by atoms with Crippen molar-refractivity contribution in [2.24, 2.45) is 0 Å². The quantitative estimate of drug-likeness (QED) is 0.595. The maximum atomic E-state index is 13.5. The van der Waals surface area contributed by atoms with Crippen LogP contribution in [0.5, 0.6) is 11.5 Å². The number of ether oxygens (including phenoxy) is 2. The van der Waals surface area contributed by atoms with E-state index in [4.69, 9.17) is 9.47 Å². The summed E-state index contributed by atoms with van der Waals surface area (Å²) >= 11 is 0. The fourth-order valence-corrected chi connectivity index (χ4v) is 5.39. The lowest BCUT2D eigenvalue weighted by atomic mass is 9.95. The van der Waals surface area contributed by atoms with Crippen LogP contribution >= 0.6 is 0 Å². The van der Waals surface area contributed by atoms with E-state index in [0.29, 0.717) is 17.2 Å². The number of halogens is 1. The summed E-state index contributed by atoms with van der Waals surface area (Å²) in [6, 6.07) is 15.9. The van der Waals surface area contributed by atoms with E-state index in [1.807, 2.05) is 24.3 Å². The van der Waals surface area contributed by atoms with Crippen molar-refractivity contribution in [1.82, 2.24) is 4.31 Å². The molecule has 3 aromatic carbocycles. The van der Waals surface area contributed by atoms with Gasteiger partial charge in [0, 0.05) is 30.4 Å². The third kappa shape index (κ3) is 4.69. The van der Waals surface area contributed by atoms with Crippen LogP contribution in [0.25, 0.3) is 0 Å². The van der Waals surface area contributed by atoms with Gasteiger partial charge in [0.25, 0.3) is 0 Å². The zero-order valence-corrected chi connectivity index (χ0v) is 18.9. The molecule has 1 amide bonds. The highest BCUT2D eigenvalue weighted by Gasteiger charge is 2.39. The van der Waals surface area contributed by atoms with Gasteiger partial charge in [0.1, 0.15) is 23.4 Å². The molecule has 0 bridgehead atoms. The number of hydrogen-bond acceptors (Lipinski definition) is 5. The Morgan fingerprint density at radius 1 is 0.970 bits per heavy atom. The van der Waals surface area contributed by atoms with Gasteiger partial charge < -0.3 is 14.8 Å². The predicted octanol–water partition coefficient (Wildman–Crippen LogP) is 3.60. The van der Waals surface area contributed by atoms with E-state index < -0.39 is 27.8 Å². The smallest absolute Gasteiger partial charge is 0.244 e. The monoisotopic (exact) mass is 470 g/mol. The van der Waals surface area contributed by atoms with Gasteiger partial charge >= 0.3 is 0 Å². The Morgan fingerprint density at radius 2 is 1.58 bits per heavy atom. The number of benzene rings is 3. The summed E-state index contributed by atoms with van der Waals surface area (Å²) in [5.41, 5.74) is 2.12. The highest BCUT2D eigenvalue weighted by molar-refractivity contribution is 7.89. The third-order valence-electron chi connectivity index (χ3n) is 5.55. The lowest BCUT2D eigenvalue weighted by Crippen LogP contribution is -2.50. The van der Waals surface area contributed by atoms with Gasteiger partial charge in [-0.25, -0.2) is 12.8 Å². The van der Waals surface area contributed by atoms with E-state index in [2.05, 4.69) is 5.32 Å². The van der Waals surface area contributed by atoms with E-state index in [0.717, 1.165) is 27.6 Å². The van der Waals surface area contributed by atoms with Crippen LogP contribution in [-0.2, 0) is 27.8 Å². The van der Waals surface area contributed by atoms with E-state index in [1.54, 1.807) is 18.2 Å². The van der Waals surface area contributed by atoms with Gasteiger partial charge in [-0.1, -0.05) is 24.3 Å². The molecule has 4 rings (SSSR count). The van der Waals surface area contributed by atoms with Crippen LogP contribution in [0, 0.1) is 5.82 Å². The van der Waals surface area contributed by atoms with Crippen molar-refractivity contribution in [1.29, 1.82) is 0 Å². The van der Waals surface area contributed by atoms with Crippen LogP contribution in [0.1, 0.15) is 11.1 Å². The average molecular weight is 471 g/mol.